The van der Waals surface area contributed by atoms with E-state index in [1.54, 1.807) is 33.6 Å². The van der Waals surface area contributed by atoms with Gasteiger partial charge >= 0.3 is 6.09 Å². The average molecular weight is 507 g/mol. The second-order valence-electron chi connectivity index (χ2n) is 8.63. The Bertz CT molecular complexity index is 1160. The molecule has 0 spiro atoms. The molecule has 1 fully saturated rings. The van der Waals surface area contributed by atoms with Crippen LogP contribution < -0.4 is 29.2 Å². The zero-order valence-corrected chi connectivity index (χ0v) is 21.6. The molecule has 9 heteroatoms. The fourth-order valence-corrected chi connectivity index (χ4v) is 4.35. The van der Waals surface area contributed by atoms with Crippen LogP contribution in [0.3, 0.4) is 0 Å². The van der Waals surface area contributed by atoms with Crippen molar-refractivity contribution in [3.63, 3.8) is 0 Å². The molecule has 1 aliphatic heterocycles. The maximum absolute atomic E-state index is 12.2. The minimum atomic E-state index is -0.507. The van der Waals surface area contributed by atoms with Crippen LogP contribution in [0.25, 0.3) is 11.1 Å². The van der Waals surface area contributed by atoms with Gasteiger partial charge in [0.1, 0.15) is 5.75 Å². The summed E-state index contributed by atoms with van der Waals surface area (Å²) < 4.78 is 21.5. The average Bonchev–Trinajstić information content (AvgIpc) is 2.95. The summed E-state index contributed by atoms with van der Waals surface area (Å²) in [7, 11) is 4.90. The van der Waals surface area contributed by atoms with Crippen LogP contribution in [-0.2, 0) is 0 Å². The van der Waals surface area contributed by atoms with E-state index >= 15 is 0 Å². The summed E-state index contributed by atoms with van der Waals surface area (Å²) in [6.45, 7) is 5.28. The van der Waals surface area contributed by atoms with Gasteiger partial charge in [-0.15, -0.1) is 0 Å². The highest BCUT2D eigenvalue weighted by Crippen LogP contribution is 2.32. The highest BCUT2D eigenvalue weighted by atomic mass is 16.6. The lowest BCUT2D eigenvalue weighted by molar-refractivity contribution is 0.197. The number of nitrogens with one attached hydrogen (secondary N) is 1. The van der Waals surface area contributed by atoms with Gasteiger partial charge in [0.05, 0.1) is 27.0 Å². The number of aromatic nitrogens is 1. The number of hydrogen-bond acceptors (Lipinski definition) is 8. The van der Waals surface area contributed by atoms with Gasteiger partial charge < -0.3 is 29.2 Å². The van der Waals surface area contributed by atoms with Crippen molar-refractivity contribution in [3.8, 4) is 34.3 Å². The van der Waals surface area contributed by atoms with Gasteiger partial charge in [0.2, 0.25) is 5.88 Å². The summed E-state index contributed by atoms with van der Waals surface area (Å²) in [6, 6.07) is 17.3. The molecule has 0 aliphatic carbocycles. The molecule has 0 saturated carbocycles. The SMILES string of the molecule is COc1ccc(-c2ccc(OC(=O)NCCCN3CCN(c4ccccc4OC)CC3)nc2)cc1OC. The van der Waals surface area contributed by atoms with Gasteiger partial charge in [0.25, 0.3) is 0 Å². The maximum Gasteiger partial charge on any atom is 0.413 e. The van der Waals surface area contributed by atoms with Crippen LogP contribution in [0.15, 0.2) is 60.8 Å². The Kier molecular flexibility index (Phi) is 9.04. The fourth-order valence-electron chi connectivity index (χ4n) is 4.35. The Morgan fingerprint density at radius 3 is 2.30 bits per heavy atom. The van der Waals surface area contributed by atoms with E-state index in [4.69, 9.17) is 18.9 Å². The first-order valence-corrected chi connectivity index (χ1v) is 12.4. The molecule has 1 aliphatic rings. The number of amides is 1. The fraction of sp³-hybridized carbons (Fsp3) is 0.357. The Morgan fingerprint density at radius 2 is 1.59 bits per heavy atom. The monoisotopic (exact) mass is 506 g/mol. The number of para-hydroxylation sites is 2. The zero-order valence-electron chi connectivity index (χ0n) is 21.6. The number of benzene rings is 2. The lowest BCUT2D eigenvalue weighted by Gasteiger charge is -2.36. The van der Waals surface area contributed by atoms with E-state index in [9.17, 15) is 4.79 Å². The molecule has 0 radical (unpaired) electrons. The van der Waals surface area contributed by atoms with Crippen LogP contribution in [-0.4, -0.2) is 76.6 Å². The molecule has 2 heterocycles. The number of nitrogens with zero attached hydrogens (tertiary/aromatic N) is 3. The summed E-state index contributed by atoms with van der Waals surface area (Å²) in [5.41, 5.74) is 2.93. The van der Waals surface area contributed by atoms with Crippen LogP contribution in [0.5, 0.6) is 23.1 Å². The number of piperazine rings is 1. The molecule has 0 bridgehead atoms. The van der Waals surface area contributed by atoms with Crippen LogP contribution in [0.1, 0.15) is 6.42 Å². The number of methoxy groups -OCH3 is 3. The van der Waals surface area contributed by atoms with E-state index in [0.29, 0.717) is 18.0 Å². The normalized spacial score (nSPS) is 13.6. The molecule has 4 rings (SSSR count). The first-order chi connectivity index (χ1) is 18.1. The van der Waals surface area contributed by atoms with Gasteiger partial charge in [0, 0.05) is 50.6 Å². The third-order valence-electron chi connectivity index (χ3n) is 6.37. The third-order valence-corrected chi connectivity index (χ3v) is 6.37. The molecular formula is C28H34N4O5. The topological polar surface area (TPSA) is 85.4 Å². The first-order valence-electron chi connectivity index (χ1n) is 12.4. The molecule has 1 amide bonds. The van der Waals surface area contributed by atoms with Gasteiger partial charge in [-0.05, 0) is 48.9 Å². The van der Waals surface area contributed by atoms with Crippen molar-refractivity contribution < 1.29 is 23.7 Å². The summed E-state index contributed by atoms with van der Waals surface area (Å²) in [5, 5.41) is 2.81. The molecule has 2 aromatic carbocycles. The van der Waals surface area contributed by atoms with Crippen molar-refractivity contribution in [2.24, 2.45) is 0 Å². The van der Waals surface area contributed by atoms with E-state index in [-0.39, 0.29) is 5.88 Å². The summed E-state index contributed by atoms with van der Waals surface area (Å²) in [5.74, 6) is 2.45. The lowest BCUT2D eigenvalue weighted by Crippen LogP contribution is -2.47. The standard InChI is InChI=1S/C28H34N4O5/c1-34-24-8-5-4-7-23(24)32-17-15-31(16-18-32)14-6-13-29-28(33)37-27-12-10-22(20-30-27)21-9-11-25(35-2)26(19-21)36-3/h4-5,7-12,19-20H,6,13-18H2,1-3H3,(H,29,33). The molecular weight excluding hydrogens is 472 g/mol. The molecule has 1 N–H and O–H groups in total. The second-order valence-corrected chi connectivity index (χ2v) is 8.63. The minimum Gasteiger partial charge on any atom is -0.495 e. The molecule has 1 aromatic heterocycles. The highest BCUT2D eigenvalue weighted by Gasteiger charge is 2.19. The predicted molar refractivity (Wildman–Crippen MR) is 143 cm³/mol. The van der Waals surface area contributed by atoms with Crippen LogP contribution >= 0.6 is 0 Å². The third kappa shape index (κ3) is 6.83. The van der Waals surface area contributed by atoms with Crippen molar-refractivity contribution in [3.05, 3.63) is 60.8 Å². The maximum atomic E-state index is 12.2. The lowest BCUT2D eigenvalue weighted by atomic mass is 10.1. The highest BCUT2D eigenvalue weighted by molar-refractivity contribution is 5.70. The summed E-state index contributed by atoms with van der Waals surface area (Å²) in [4.78, 5) is 21.2. The largest absolute Gasteiger partial charge is 0.495 e. The quantitative estimate of drug-likeness (QED) is 0.412. The van der Waals surface area contributed by atoms with E-state index in [2.05, 4.69) is 26.2 Å². The molecule has 1 saturated heterocycles. The summed E-state index contributed by atoms with van der Waals surface area (Å²) >= 11 is 0. The second kappa shape index (κ2) is 12.8. The number of carbonyl (C=O) groups is 1. The van der Waals surface area contributed by atoms with E-state index in [1.165, 1.54) is 0 Å². The van der Waals surface area contributed by atoms with E-state index < -0.39 is 6.09 Å². The molecule has 3 aromatic rings. The number of hydrogen-bond donors (Lipinski definition) is 1. The van der Waals surface area contributed by atoms with Crippen molar-refractivity contribution in [1.82, 2.24) is 15.2 Å². The number of carbonyl (C=O) groups excluding carboxylic acids is 1. The number of ether oxygens (including phenoxy) is 4. The Labute approximate surface area is 217 Å². The molecule has 37 heavy (non-hydrogen) atoms. The zero-order chi connectivity index (χ0) is 26.0. The first kappa shape index (κ1) is 26.1. The van der Waals surface area contributed by atoms with Crippen molar-refractivity contribution in [2.75, 3.05) is 65.5 Å². The van der Waals surface area contributed by atoms with Crippen molar-refractivity contribution in [1.29, 1.82) is 0 Å². The number of rotatable bonds is 10. The number of anilines is 1. The smallest absolute Gasteiger partial charge is 0.413 e. The molecule has 9 nitrogen and oxygen atoms in total. The van der Waals surface area contributed by atoms with Gasteiger partial charge in [-0.2, -0.15) is 0 Å². The van der Waals surface area contributed by atoms with Crippen molar-refractivity contribution >= 4 is 11.8 Å². The van der Waals surface area contributed by atoms with Crippen LogP contribution in [0.2, 0.25) is 0 Å². The van der Waals surface area contributed by atoms with E-state index in [1.807, 2.05) is 42.5 Å². The number of pyridine rings is 1. The summed E-state index contributed by atoms with van der Waals surface area (Å²) in [6.07, 6.45) is 2.00. The molecule has 196 valence electrons. The van der Waals surface area contributed by atoms with Gasteiger partial charge in [-0.25, -0.2) is 9.78 Å². The van der Waals surface area contributed by atoms with Crippen LogP contribution in [0.4, 0.5) is 10.5 Å². The minimum absolute atomic E-state index is 0.245. The molecule has 0 unspecified atom stereocenters. The predicted octanol–water partition coefficient (Wildman–Crippen LogP) is 4.08. The van der Waals surface area contributed by atoms with Crippen molar-refractivity contribution in [2.45, 2.75) is 6.42 Å². The Morgan fingerprint density at radius 1 is 0.865 bits per heavy atom. The van der Waals surface area contributed by atoms with Gasteiger partial charge in [0.15, 0.2) is 11.5 Å². The molecule has 0 atom stereocenters. The van der Waals surface area contributed by atoms with Gasteiger partial charge in [-0.1, -0.05) is 18.2 Å². The Balaban J connectivity index is 1.17. The van der Waals surface area contributed by atoms with E-state index in [0.717, 1.165) is 61.7 Å². The van der Waals surface area contributed by atoms with Crippen LogP contribution in [0, 0.1) is 0 Å². The Hall–Kier alpha value is -3.98. The van der Waals surface area contributed by atoms with Gasteiger partial charge in [-0.3, -0.25) is 4.90 Å².